The summed E-state index contributed by atoms with van der Waals surface area (Å²) in [5.41, 5.74) is 3.06. The Morgan fingerprint density at radius 3 is 2.43 bits per heavy atom. The molecular weight excluding hydrogens is 350 g/mol. The monoisotopic (exact) mass is 377 g/mol. The van der Waals surface area contributed by atoms with E-state index >= 15 is 0 Å². The van der Waals surface area contributed by atoms with Crippen molar-refractivity contribution in [3.05, 3.63) is 71.3 Å². The van der Waals surface area contributed by atoms with Gasteiger partial charge in [-0.3, -0.25) is 14.5 Å². The summed E-state index contributed by atoms with van der Waals surface area (Å²) in [7, 11) is 0. The molecule has 0 saturated carbocycles. The van der Waals surface area contributed by atoms with Gasteiger partial charge in [-0.15, -0.1) is 0 Å². The molecule has 1 atom stereocenters. The molecular formula is C23H27N3O2. The van der Waals surface area contributed by atoms with Crippen LogP contribution in [0.5, 0.6) is 0 Å². The Hall–Kier alpha value is -2.66. The molecule has 4 rings (SSSR count). The van der Waals surface area contributed by atoms with Gasteiger partial charge in [0, 0.05) is 50.7 Å². The molecule has 2 amide bonds. The molecule has 0 aliphatic carbocycles. The molecule has 2 heterocycles. The molecule has 0 aromatic heterocycles. The van der Waals surface area contributed by atoms with Crippen LogP contribution >= 0.6 is 0 Å². The maximum atomic E-state index is 12.6. The van der Waals surface area contributed by atoms with Crippen molar-refractivity contribution >= 4 is 11.8 Å². The molecule has 2 aliphatic heterocycles. The minimum atomic E-state index is -0.0182. The minimum Gasteiger partial charge on any atom is -0.348 e. The highest BCUT2D eigenvalue weighted by Gasteiger charge is 2.24. The summed E-state index contributed by atoms with van der Waals surface area (Å²) in [5, 5.41) is 3.17. The Bertz CT molecular complexity index is 820. The van der Waals surface area contributed by atoms with Crippen molar-refractivity contribution in [3.63, 3.8) is 0 Å². The van der Waals surface area contributed by atoms with Crippen LogP contribution in [0.4, 0.5) is 0 Å². The first-order valence-electron chi connectivity index (χ1n) is 10.1. The van der Waals surface area contributed by atoms with Crippen LogP contribution in [0.1, 0.15) is 40.7 Å². The summed E-state index contributed by atoms with van der Waals surface area (Å²) in [4.78, 5) is 28.6. The average molecular weight is 377 g/mol. The summed E-state index contributed by atoms with van der Waals surface area (Å²) in [5.74, 6) is 0.207. The molecule has 1 N–H and O–H groups in total. The zero-order valence-corrected chi connectivity index (χ0v) is 16.1. The van der Waals surface area contributed by atoms with E-state index in [4.69, 9.17) is 0 Å². The second kappa shape index (κ2) is 8.57. The summed E-state index contributed by atoms with van der Waals surface area (Å²) < 4.78 is 0. The number of rotatable bonds is 6. The van der Waals surface area contributed by atoms with E-state index in [1.54, 1.807) is 0 Å². The number of benzene rings is 2. The number of nitrogens with zero attached hydrogens (tertiary/aromatic N) is 2. The maximum Gasteiger partial charge on any atom is 0.251 e. The van der Waals surface area contributed by atoms with Crippen molar-refractivity contribution in [2.75, 3.05) is 19.6 Å². The standard InChI is InChI=1S/C23H27N3O2/c27-22-7-4-13-26(22)16-19-8-10-20(11-9-19)23(28)24-21-12-14-25(17-21)15-18-5-2-1-3-6-18/h1-3,5-6,8-11,21H,4,7,12-17H2,(H,24,28). The van der Waals surface area contributed by atoms with Crippen molar-refractivity contribution in [2.45, 2.75) is 38.4 Å². The quantitative estimate of drug-likeness (QED) is 0.842. The second-order valence-electron chi connectivity index (χ2n) is 7.80. The lowest BCUT2D eigenvalue weighted by atomic mass is 10.1. The fourth-order valence-corrected chi connectivity index (χ4v) is 4.06. The number of likely N-dealkylation sites (tertiary alicyclic amines) is 2. The van der Waals surface area contributed by atoms with Crippen LogP contribution in [-0.2, 0) is 17.9 Å². The van der Waals surface area contributed by atoms with Gasteiger partial charge in [-0.1, -0.05) is 42.5 Å². The van der Waals surface area contributed by atoms with E-state index in [2.05, 4.69) is 34.5 Å². The van der Waals surface area contributed by atoms with Gasteiger partial charge >= 0.3 is 0 Å². The zero-order valence-electron chi connectivity index (χ0n) is 16.1. The molecule has 2 aromatic rings. The second-order valence-corrected chi connectivity index (χ2v) is 7.80. The van der Waals surface area contributed by atoms with Gasteiger partial charge < -0.3 is 10.2 Å². The highest BCUT2D eigenvalue weighted by atomic mass is 16.2. The average Bonchev–Trinajstić information content (AvgIpc) is 3.32. The van der Waals surface area contributed by atoms with E-state index in [9.17, 15) is 9.59 Å². The molecule has 146 valence electrons. The van der Waals surface area contributed by atoms with Crippen LogP contribution in [0.3, 0.4) is 0 Å². The van der Waals surface area contributed by atoms with Crippen molar-refractivity contribution in [1.82, 2.24) is 15.1 Å². The first kappa shape index (κ1) is 18.7. The van der Waals surface area contributed by atoms with Crippen molar-refractivity contribution in [3.8, 4) is 0 Å². The maximum absolute atomic E-state index is 12.6. The van der Waals surface area contributed by atoms with Gasteiger partial charge in [0.15, 0.2) is 0 Å². The predicted octanol–water partition coefficient (Wildman–Crippen LogP) is 2.81. The van der Waals surface area contributed by atoms with Crippen LogP contribution in [-0.4, -0.2) is 47.3 Å². The zero-order chi connectivity index (χ0) is 19.3. The fourth-order valence-electron chi connectivity index (χ4n) is 4.06. The van der Waals surface area contributed by atoms with Gasteiger partial charge in [0.25, 0.3) is 5.91 Å². The molecule has 2 fully saturated rings. The predicted molar refractivity (Wildman–Crippen MR) is 109 cm³/mol. The van der Waals surface area contributed by atoms with E-state index in [1.165, 1.54) is 5.56 Å². The van der Waals surface area contributed by atoms with Gasteiger partial charge in [-0.05, 0) is 36.1 Å². The molecule has 5 nitrogen and oxygen atoms in total. The largest absolute Gasteiger partial charge is 0.348 e. The van der Waals surface area contributed by atoms with Gasteiger partial charge in [-0.25, -0.2) is 0 Å². The van der Waals surface area contributed by atoms with Gasteiger partial charge in [0.05, 0.1) is 0 Å². The summed E-state index contributed by atoms with van der Waals surface area (Å²) >= 11 is 0. The Kier molecular flexibility index (Phi) is 5.72. The molecule has 2 saturated heterocycles. The fraction of sp³-hybridized carbons (Fsp3) is 0.391. The summed E-state index contributed by atoms with van der Waals surface area (Å²) in [6, 6.07) is 18.3. The van der Waals surface area contributed by atoms with Crippen molar-refractivity contribution in [2.24, 2.45) is 0 Å². The smallest absolute Gasteiger partial charge is 0.251 e. The lowest BCUT2D eigenvalue weighted by Gasteiger charge is -2.17. The van der Waals surface area contributed by atoms with E-state index in [0.29, 0.717) is 18.5 Å². The Balaban J connectivity index is 1.27. The lowest BCUT2D eigenvalue weighted by molar-refractivity contribution is -0.128. The van der Waals surface area contributed by atoms with Crippen LogP contribution in [0.2, 0.25) is 0 Å². The molecule has 5 heteroatoms. The highest BCUT2D eigenvalue weighted by Crippen LogP contribution is 2.16. The molecule has 0 bridgehead atoms. The Labute approximate surface area is 166 Å². The van der Waals surface area contributed by atoms with Crippen molar-refractivity contribution < 1.29 is 9.59 Å². The summed E-state index contributed by atoms with van der Waals surface area (Å²) in [6.45, 7) is 4.29. The first-order chi connectivity index (χ1) is 13.7. The third-order valence-electron chi connectivity index (χ3n) is 5.62. The van der Waals surface area contributed by atoms with E-state index in [0.717, 1.165) is 44.6 Å². The third-order valence-corrected chi connectivity index (χ3v) is 5.62. The van der Waals surface area contributed by atoms with Crippen LogP contribution < -0.4 is 5.32 Å². The van der Waals surface area contributed by atoms with E-state index in [1.807, 2.05) is 35.2 Å². The van der Waals surface area contributed by atoms with Gasteiger partial charge in [-0.2, -0.15) is 0 Å². The van der Waals surface area contributed by atoms with E-state index in [-0.39, 0.29) is 17.9 Å². The van der Waals surface area contributed by atoms with Gasteiger partial charge in [0.2, 0.25) is 5.91 Å². The van der Waals surface area contributed by atoms with Gasteiger partial charge in [0.1, 0.15) is 0 Å². The SMILES string of the molecule is O=C(NC1CCN(Cc2ccccc2)C1)c1ccc(CN2CCCC2=O)cc1. The number of nitrogens with one attached hydrogen (secondary N) is 1. The number of hydrogen-bond donors (Lipinski definition) is 1. The Morgan fingerprint density at radius 2 is 1.71 bits per heavy atom. The molecule has 0 radical (unpaired) electrons. The number of carbonyl (C=O) groups is 2. The Morgan fingerprint density at radius 1 is 0.964 bits per heavy atom. The van der Waals surface area contributed by atoms with Crippen molar-refractivity contribution in [1.29, 1.82) is 0 Å². The summed E-state index contributed by atoms with van der Waals surface area (Å²) in [6.07, 6.45) is 2.58. The normalized spacial score (nSPS) is 19.9. The van der Waals surface area contributed by atoms with Crippen LogP contribution in [0, 0.1) is 0 Å². The molecule has 28 heavy (non-hydrogen) atoms. The topological polar surface area (TPSA) is 52.7 Å². The highest BCUT2D eigenvalue weighted by molar-refractivity contribution is 5.94. The number of amides is 2. The number of hydrogen-bond acceptors (Lipinski definition) is 3. The molecule has 1 unspecified atom stereocenters. The number of carbonyl (C=O) groups excluding carboxylic acids is 2. The lowest BCUT2D eigenvalue weighted by Crippen LogP contribution is -2.37. The van der Waals surface area contributed by atoms with E-state index < -0.39 is 0 Å². The molecule has 0 spiro atoms. The van der Waals surface area contributed by atoms with Crippen LogP contribution in [0.25, 0.3) is 0 Å². The molecule has 2 aliphatic rings. The minimum absolute atomic E-state index is 0.0182. The molecule has 2 aromatic carbocycles. The third kappa shape index (κ3) is 4.60. The first-order valence-corrected chi connectivity index (χ1v) is 10.1. The van der Waals surface area contributed by atoms with Crippen LogP contribution in [0.15, 0.2) is 54.6 Å².